The SMILES string of the molecule is COC(=O)Cn1c2c(sc1=O)[C@@H](c1cc(OC)c3c(c1)OCO3)CC(=O)N2c1cccc(Cl)c1. The highest BCUT2D eigenvalue weighted by molar-refractivity contribution is 7.10. The number of ether oxygens (including phenoxy) is 4. The number of thiazole rings is 1. The number of methoxy groups -OCH3 is 2. The average Bonchev–Trinajstić information content (AvgIpc) is 3.42. The first-order valence-electron chi connectivity index (χ1n) is 10.3. The maximum absolute atomic E-state index is 13.5. The molecule has 2 aliphatic rings. The predicted octanol–water partition coefficient (Wildman–Crippen LogP) is 3.67. The van der Waals surface area contributed by atoms with Crippen LogP contribution < -0.4 is 24.0 Å². The van der Waals surface area contributed by atoms with E-state index >= 15 is 0 Å². The Balaban J connectivity index is 1.70. The summed E-state index contributed by atoms with van der Waals surface area (Å²) in [5.41, 5.74) is 1.23. The Morgan fingerprint density at radius 2 is 2.03 bits per heavy atom. The van der Waals surface area contributed by atoms with Gasteiger partial charge in [-0.15, -0.1) is 0 Å². The van der Waals surface area contributed by atoms with Crippen molar-refractivity contribution in [3.05, 3.63) is 61.5 Å². The lowest BCUT2D eigenvalue weighted by atomic mass is 9.90. The largest absolute Gasteiger partial charge is 0.493 e. The zero-order chi connectivity index (χ0) is 24.0. The van der Waals surface area contributed by atoms with E-state index in [1.165, 1.54) is 23.7 Å². The Bertz CT molecular complexity index is 1370. The van der Waals surface area contributed by atoms with Gasteiger partial charge in [0.05, 0.1) is 24.8 Å². The molecule has 1 aromatic heterocycles. The number of hydrogen-bond donors (Lipinski definition) is 0. The van der Waals surface area contributed by atoms with Crippen molar-refractivity contribution in [3.8, 4) is 17.2 Å². The minimum Gasteiger partial charge on any atom is -0.493 e. The zero-order valence-electron chi connectivity index (χ0n) is 18.2. The number of aromatic nitrogens is 1. The van der Waals surface area contributed by atoms with Gasteiger partial charge in [0.15, 0.2) is 11.5 Å². The van der Waals surface area contributed by atoms with Crippen LogP contribution in [-0.4, -0.2) is 37.5 Å². The minimum atomic E-state index is -0.604. The monoisotopic (exact) mass is 502 g/mol. The Morgan fingerprint density at radius 3 is 2.76 bits per heavy atom. The van der Waals surface area contributed by atoms with Crippen molar-refractivity contribution in [2.45, 2.75) is 18.9 Å². The third-order valence-electron chi connectivity index (χ3n) is 5.71. The fourth-order valence-electron chi connectivity index (χ4n) is 4.18. The lowest BCUT2D eigenvalue weighted by molar-refractivity contribution is -0.141. The van der Waals surface area contributed by atoms with Crippen LogP contribution in [0, 0.1) is 0 Å². The molecule has 3 aromatic rings. The van der Waals surface area contributed by atoms with Crippen molar-refractivity contribution in [3.63, 3.8) is 0 Å². The van der Waals surface area contributed by atoms with E-state index in [0.717, 1.165) is 16.9 Å². The van der Waals surface area contributed by atoms with Gasteiger partial charge in [-0.25, -0.2) is 0 Å². The molecule has 2 aromatic carbocycles. The normalized spacial score (nSPS) is 16.4. The summed E-state index contributed by atoms with van der Waals surface area (Å²) in [6.07, 6.45) is 0.0838. The Hall–Kier alpha value is -3.50. The van der Waals surface area contributed by atoms with Gasteiger partial charge in [0, 0.05) is 17.4 Å². The molecular weight excluding hydrogens is 484 g/mol. The first-order chi connectivity index (χ1) is 16.4. The summed E-state index contributed by atoms with van der Waals surface area (Å²) in [4.78, 5) is 40.4. The first-order valence-corrected chi connectivity index (χ1v) is 11.5. The van der Waals surface area contributed by atoms with Gasteiger partial charge in [-0.1, -0.05) is 29.0 Å². The molecule has 11 heteroatoms. The molecule has 0 saturated heterocycles. The quantitative estimate of drug-likeness (QED) is 0.491. The van der Waals surface area contributed by atoms with Gasteiger partial charge < -0.3 is 18.9 Å². The van der Waals surface area contributed by atoms with Crippen LogP contribution in [0.3, 0.4) is 0 Å². The highest BCUT2D eigenvalue weighted by Crippen LogP contribution is 2.49. The molecule has 0 N–H and O–H groups in total. The second kappa shape index (κ2) is 8.69. The summed E-state index contributed by atoms with van der Waals surface area (Å²) in [6, 6.07) is 10.3. The Labute approximate surface area is 203 Å². The second-order valence-electron chi connectivity index (χ2n) is 7.64. The van der Waals surface area contributed by atoms with Crippen LogP contribution in [-0.2, 0) is 20.9 Å². The van der Waals surface area contributed by atoms with Crippen LogP contribution in [0.1, 0.15) is 22.8 Å². The van der Waals surface area contributed by atoms with Crippen molar-refractivity contribution < 1.29 is 28.5 Å². The van der Waals surface area contributed by atoms with Gasteiger partial charge in [0.25, 0.3) is 0 Å². The highest BCUT2D eigenvalue weighted by Gasteiger charge is 2.39. The topological polar surface area (TPSA) is 96.3 Å². The molecule has 0 spiro atoms. The molecule has 0 saturated carbocycles. The molecule has 1 atom stereocenters. The number of carbonyl (C=O) groups excluding carboxylic acids is 2. The third kappa shape index (κ3) is 3.68. The molecule has 0 fully saturated rings. The number of benzene rings is 2. The molecule has 1 amide bonds. The van der Waals surface area contributed by atoms with Crippen LogP contribution in [0.5, 0.6) is 17.2 Å². The predicted molar refractivity (Wildman–Crippen MR) is 125 cm³/mol. The average molecular weight is 503 g/mol. The summed E-state index contributed by atoms with van der Waals surface area (Å²) >= 11 is 7.17. The molecule has 176 valence electrons. The summed E-state index contributed by atoms with van der Waals surface area (Å²) in [6.45, 7) is -0.266. The fraction of sp³-hybridized carbons (Fsp3) is 0.261. The fourth-order valence-corrected chi connectivity index (χ4v) is 5.47. The molecule has 34 heavy (non-hydrogen) atoms. The van der Waals surface area contributed by atoms with E-state index in [-0.39, 0.29) is 30.5 Å². The summed E-state index contributed by atoms with van der Waals surface area (Å²) in [5.74, 6) is 0.463. The summed E-state index contributed by atoms with van der Waals surface area (Å²) in [7, 11) is 2.76. The minimum absolute atomic E-state index is 0.0649. The lowest BCUT2D eigenvalue weighted by Crippen LogP contribution is -2.36. The maximum atomic E-state index is 13.5. The first kappa shape index (κ1) is 22.3. The van der Waals surface area contributed by atoms with Crippen LogP contribution in [0.4, 0.5) is 11.5 Å². The number of carbonyl (C=O) groups is 2. The van der Waals surface area contributed by atoms with E-state index in [0.29, 0.717) is 38.7 Å². The highest BCUT2D eigenvalue weighted by atomic mass is 35.5. The van der Waals surface area contributed by atoms with E-state index in [2.05, 4.69) is 0 Å². The van der Waals surface area contributed by atoms with Gasteiger partial charge in [-0.3, -0.25) is 23.9 Å². The number of nitrogens with zero attached hydrogens (tertiary/aromatic N) is 2. The summed E-state index contributed by atoms with van der Waals surface area (Å²) in [5, 5.41) is 0.437. The van der Waals surface area contributed by atoms with Crippen molar-refractivity contribution in [1.29, 1.82) is 0 Å². The molecule has 0 radical (unpaired) electrons. The summed E-state index contributed by atoms with van der Waals surface area (Å²) < 4.78 is 22.5. The third-order valence-corrected chi connectivity index (χ3v) is 7.03. The van der Waals surface area contributed by atoms with E-state index in [4.69, 9.17) is 30.5 Å². The van der Waals surface area contributed by atoms with E-state index in [1.807, 2.05) is 0 Å². The van der Waals surface area contributed by atoms with E-state index in [1.54, 1.807) is 36.4 Å². The lowest BCUT2D eigenvalue weighted by Gasteiger charge is -2.32. The molecule has 3 heterocycles. The van der Waals surface area contributed by atoms with Gasteiger partial charge in [-0.2, -0.15) is 0 Å². The van der Waals surface area contributed by atoms with Crippen LogP contribution in [0.25, 0.3) is 0 Å². The van der Waals surface area contributed by atoms with E-state index < -0.39 is 11.9 Å². The van der Waals surface area contributed by atoms with Gasteiger partial charge in [0.2, 0.25) is 18.4 Å². The van der Waals surface area contributed by atoms with Crippen LogP contribution >= 0.6 is 22.9 Å². The number of hydrogen-bond acceptors (Lipinski definition) is 8. The molecule has 0 bridgehead atoms. The Morgan fingerprint density at radius 1 is 1.21 bits per heavy atom. The second-order valence-corrected chi connectivity index (χ2v) is 9.07. The van der Waals surface area contributed by atoms with Gasteiger partial charge >= 0.3 is 10.8 Å². The number of anilines is 2. The van der Waals surface area contributed by atoms with Crippen molar-refractivity contribution in [1.82, 2.24) is 4.57 Å². The van der Waals surface area contributed by atoms with Crippen LogP contribution in [0.15, 0.2) is 41.2 Å². The van der Waals surface area contributed by atoms with Crippen molar-refractivity contribution in [2.24, 2.45) is 0 Å². The standard InChI is InChI=1S/C23H19ClN2O7S/c1-30-16-6-12(7-17-20(16)33-11-32-17)15-9-18(27)26(14-5-3-4-13(24)8-14)22-21(15)34-23(29)25(22)10-19(28)31-2/h3-8,15H,9-11H2,1-2H3/t15-/m1/s1. The molecule has 9 nitrogen and oxygen atoms in total. The number of fused-ring (bicyclic) bond motifs is 2. The zero-order valence-corrected chi connectivity index (χ0v) is 19.8. The Kier molecular flexibility index (Phi) is 5.70. The molecular formula is C23H19ClN2O7S. The molecule has 0 unspecified atom stereocenters. The number of amides is 1. The maximum Gasteiger partial charge on any atom is 0.325 e. The molecule has 5 rings (SSSR count). The smallest absolute Gasteiger partial charge is 0.325 e. The van der Waals surface area contributed by atoms with Gasteiger partial charge in [-0.05, 0) is 35.9 Å². The number of esters is 1. The molecule has 0 aliphatic carbocycles. The van der Waals surface area contributed by atoms with E-state index in [9.17, 15) is 14.4 Å². The van der Waals surface area contributed by atoms with Crippen LogP contribution in [0.2, 0.25) is 5.02 Å². The molecule has 2 aliphatic heterocycles. The van der Waals surface area contributed by atoms with Gasteiger partial charge in [0.1, 0.15) is 12.4 Å². The van der Waals surface area contributed by atoms with Crippen molar-refractivity contribution in [2.75, 3.05) is 25.9 Å². The number of halogens is 1. The van der Waals surface area contributed by atoms with Crippen molar-refractivity contribution >= 4 is 46.3 Å². The number of rotatable bonds is 5.